The Kier molecular flexibility index (Phi) is 6.09. The summed E-state index contributed by atoms with van der Waals surface area (Å²) in [6.07, 6.45) is 1.52. The number of allylic oxidation sites excluding steroid dienone is 3. The maximum atomic E-state index is 12.7. The molecule has 1 aromatic carbocycles. The van der Waals surface area contributed by atoms with E-state index >= 15 is 0 Å². The van der Waals surface area contributed by atoms with E-state index in [-0.39, 0.29) is 17.3 Å². The van der Waals surface area contributed by atoms with Crippen molar-refractivity contribution >= 4 is 23.3 Å². The normalized spacial score (nSPS) is 16.4. The molecule has 6 heteroatoms. The summed E-state index contributed by atoms with van der Waals surface area (Å²) < 4.78 is 5.53. The summed E-state index contributed by atoms with van der Waals surface area (Å²) in [4.78, 5) is 24.9. The maximum Gasteiger partial charge on any atom is 0.173 e. The fourth-order valence-electron chi connectivity index (χ4n) is 3.37. The number of aryl methyl sites for hydroxylation is 2. The number of ketones is 2. The minimum absolute atomic E-state index is 0.0155. The van der Waals surface area contributed by atoms with Crippen LogP contribution in [0.2, 0.25) is 0 Å². The molecule has 148 valence electrons. The first-order valence-electron chi connectivity index (χ1n) is 9.23. The van der Waals surface area contributed by atoms with Crippen molar-refractivity contribution in [2.75, 3.05) is 5.75 Å². The summed E-state index contributed by atoms with van der Waals surface area (Å²) >= 11 is 1.27. The van der Waals surface area contributed by atoms with Crippen LogP contribution in [0.5, 0.6) is 0 Å². The molecule has 1 aromatic heterocycles. The van der Waals surface area contributed by atoms with Crippen molar-refractivity contribution in [3.05, 3.63) is 80.9 Å². The Balaban J connectivity index is 1.90. The summed E-state index contributed by atoms with van der Waals surface area (Å²) in [5.74, 6) is 0.000583. The Morgan fingerprint density at radius 2 is 1.97 bits per heavy atom. The van der Waals surface area contributed by atoms with Crippen molar-refractivity contribution in [1.82, 2.24) is 5.32 Å². The van der Waals surface area contributed by atoms with E-state index in [4.69, 9.17) is 4.42 Å². The first-order chi connectivity index (χ1) is 13.8. The van der Waals surface area contributed by atoms with Crippen LogP contribution in [0.1, 0.15) is 47.0 Å². The Morgan fingerprint density at radius 3 is 2.55 bits per heavy atom. The highest BCUT2D eigenvalue weighted by Gasteiger charge is 2.34. The quantitative estimate of drug-likeness (QED) is 0.694. The molecule has 0 amide bonds. The van der Waals surface area contributed by atoms with Gasteiger partial charge in [0.15, 0.2) is 11.6 Å². The third kappa shape index (κ3) is 4.20. The second-order valence-corrected chi connectivity index (χ2v) is 8.02. The molecular weight excluding hydrogens is 384 g/mol. The molecular formula is C23H22N2O3S. The summed E-state index contributed by atoms with van der Waals surface area (Å²) in [6.45, 7) is 7.26. The van der Waals surface area contributed by atoms with Crippen molar-refractivity contribution < 1.29 is 14.0 Å². The van der Waals surface area contributed by atoms with Crippen molar-refractivity contribution in [1.29, 1.82) is 5.26 Å². The SMILES string of the molecule is CC(=O)C1=C(C)NC(SCC(=O)c2ccc(C)c(C)c2)=C(C#N)[C@H]1c1ccco1. The van der Waals surface area contributed by atoms with Crippen LogP contribution in [0.3, 0.4) is 0 Å². The molecule has 1 aliphatic rings. The number of hydrogen-bond acceptors (Lipinski definition) is 6. The number of nitriles is 1. The van der Waals surface area contributed by atoms with Crippen molar-refractivity contribution in [2.45, 2.75) is 33.6 Å². The molecule has 1 atom stereocenters. The average Bonchev–Trinajstić information content (AvgIpc) is 3.21. The van der Waals surface area contributed by atoms with E-state index in [1.807, 2.05) is 32.0 Å². The van der Waals surface area contributed by atoms with Crippen molar-refractivity contribution in [2.24, 2.45) is 0 Å². The molecule has 0 saturated carbocycles. The van der Waals surface area contributed by atoms with Gasteiger partial charge in [-0.3, -0.25) is 9.59 Å². The average molecular weight is 407 g/mol. The van der Waals surface area contributed by atoms with Gasteiger partial charge in [-0.1, -0.05) is 23.9 Å². The zero-order chi connectivity index (χ0) is 21.1. The van der Waals surface area contributed by atoms with E-state index < -0.39 is 5.92 Å². The number of furan rings is 1. The summed E-state index contributed by atoms with van der Waals surface area (Å²) in [5.41, 5.74) is 4.40. The minimum atomic E-state index is -0.576. The van der Waals surface area contributed by atoms with E-state index in [1.54, 1.807) is 19.1 Å². The zero-order valence-electron chi connectivity index (χ0n) is 16.8. The molecule has 0 bridgehead atoms. The lowest BCUT2D eigenvalue weighted by Gasteiger charge is -2.27. The number of Topliss-reactive ketones (excluding diaryl/α,β-unsaturated/α-hetero) is 2. The van der Waals surface area contributed by atoms with Gasteiger partial charge in [0.25, 0.3) is 0 Å². The predicted octanol–water partition coefficient (Wildman–Crippen LogP) is 4.80. The van der Waals surface area contributed by atoms with Crippen LogP contribution >= 0.6 is 11.8 Å². The number of benzene rings is 1. The smallest absolute Gasteiger partial charge is 0.173 e. The number of nitrogens with zero attached hydrogens (tertiary/aromatic N) is 1. The highest BCUT2D eigenvalue weighted by Crippen LogP contribution is 2.41. The number of hydrogen-bond donors (Lipinski definition) is 1. The van der Waals surface area contributed by atoms with Gasteiger partial charge in [0.05, 0.1) is 34.6 Å². The molecule has 0 unspecified atom stereocenters. The number of nitrogens with one attached hydrogen (secondary N) is 1. The van der Waals surface area contributed by atoms with Gasteiger partial charge in [-0.15, -0.1) is 0 Å². The lowest BCUT2D eigenvalue weighted by Crippen LogP contribution is -2.27. The van der Waals surface area contributed by atoms with Gasteiger partial charge in [0.2, 0.25) is 0 Å². The van der Waals surface area contributed by atoms with E-state index in [0.717, 1.165) is 11.1 Å². The van der Waals surface area contributed by atoms with Crippen LogP contribution in [-0.2, 0) is 4.79 Å². The van der Waals surface area contributed by atoms with Gasteiger partial charge in [-0.05, 0) is 57.0 Å². The topological polar surface area (TPSA) is 83.1 Å². The third-order valence-electron chi connectivity index (χ3n) is 5.03. The lowest BCUT2D eigenvalue weighted by molar-refractivity contribution is -0.113. The Morgan fingerprint density at radius 1 is 1.21 bits per heavy atom. The molecule has 29 heavy (non-hydrogen) atoms. The number of rotatable bonds is 6. The first kappa shape index (κ1) is 20.7. The van der Waals surface area contributed by atoms with Gasteiger partial charge in [0, 0.05) is 16.8 Å². The molecule has 1 aliphatic heterocycles. The molecule has 0 spiro atoms. The highest BCUT2D eigenvalue weighted by atomic mass is 32.2. The molecule has 5 nitrogen and oxygen atoms in total. The van der Waals surface area contributed by atoms with E-state index in [1.165, 1.54) is 24.9 Å². The summed E-state index contributed by atoms with van der Waals surface area (Å²) in [6, 6.07) is 11.3. The molecule has 0 aliphatic carbocycles. The van der Waals surface area contributed by atoms with Gasteiger partial charge in [0.1, 0.15) is 5.76 Å². The maximum absolute atomic E-state index is 12.7. The fraction of sp³-hybridized carbons (Fsp3) is 0.261. The number of carbonyl (C=O) groups is 2. The van der Waals surface area contributed by atoms with Crippen LogP contribution in [0.15, 0.2) is 62.9 Å². The number of carbonyl (C=O) groups excluding carboxylic acids is 2. The van der Waals surface area contributed by atoms with Crippen molar-refractivity contribution in [3.63, 3.8) is 0 Å². The van der Waals surface area contributed by atoms with Crippen LogP contribution in [0.4, 0.5) is 0 Å². The monoisotopic (exact) mass is 406 g/mol. The van der Waals surface area contributed by atoms with Crippen LogP contribution in [-0.4, -0.2) is 17.3 Å². The summed E-state index contributed by atoms with van der Waals surface area (Å²) in [7, 11) is 0. The van der Waals surface area contributed by atoms with Crippen LogP contribution in [0, 0.1) is 25.2 Å². The minimum Gasteiger partial charge on any atom is -0.468 e. The molecule has 2 heterocycles. The van der Waals surface area contributed by atoms with E-state index in [2.05, 4.69) is 11.4 Å². The molecule has 0 saturated heterocycles. The second-order valence-electron chi connectivity index (χ2n) is 7.03. The zero-order valence-corrected chi connectivity index (χ0v) is 17.6. The van der Waals surface area contributed by atoms with Crippen LogP contribution < -0.4 is 5.32 Å². The van der Waals surface area contributed by atoms with E-state index in [9.17, 15) is 14.9 Å². The Hall–Kier alpha value is -3.04. The Bertz CT molecular complexity index is 1070. The van der Waals surface area contributed by atoms with Gasteiger partial charge in [-0.2, -0.15) is 5.26 Å². The highest BCUT2D eigenvalue weighted by molar-refractivity contribution is 8.03. The van der Waals surface area contributed by atoms with Crippen LogP contribution in [0.25, 0.3) is 0 Å². The largest absolute Gasteiger partial charge is 0.468 e. The van der Waals surface area contributed by atoms with Gasteiger partial charge < -0.3 is 9.73 Å². The number of dihydropyridines is 1. The molecule has 3 rings (SSSR count). The Labute approximate surface area is 174 Å². The standard InChI is InChI=1S/C23H22N2O3S/c1-13-7-8-17(10-14(13)2)19(27)12-29-23-18(11-24)22(20-6-5-9-28-20)21(16(4)26)15(3)25-23/h5-10,22,25H,12H2,1-4H3/t22-/m0/s1. The third-order valence-corrected chi connectivity index (χ3v) is 6.05. The van der Waals surface area contributed by atoms with Crippen molar-refractivity contribution in [3.8, 4) is 6.07 Å². The van der Waals surface area contributed by atoms with E-state index in [0.29, 0.717) is 33.2 Å². The molecule has 1 N–H and O–H groups in total. The second kappa shape index (κ2) is 8.54. The molecule has 2 aromatic rings. The number of thioether (sulfide) groups is 1. The first-order valence-corrected chi connectivity index (χ1v) is 10.2. The fourth-order valence-corrected chi connectivity index (χ4v) is 4.36. The summed E-state index contributed by atoms with van der Waals surface area (Å²) in [5, 5.41) is 13.6. The lowest BCUT2D eigenvalue weighted by atomic mass is 9.84. The predicted molar refractivity (Wildman–Crippen MR) is 113 cm³/mol. The molecule has 0 fully saturated rings. The molecule has 0 radical (unpaired) electrons. The van der Waals surface area contributed by atoms with Gasteiger partial charge in [-0.25, -0.2) is 0 Å². The van der Waals surface area contributed by atoms with Gasteiger partial charge >= 0.3 is 0 Å².